The molecule has 0 radical (unpaired) electrons. The Morgan fingerprint density at radius 1 is 1.78 bits per heavy atom. The van der Waals surface area contributed by atoms with Crippen LogP contribution in [0.2, 0.25) is 0 Å². The summed E-state index contributed by atoms with van der Waals surface area (Å²) in [6, 6.07) is 0. The molecule has 0 fully saturated rings. The minimum atomic E-state index is 0.179. The van der Waals surface area contributed by atoms with Gasteiger partial charge in [-0.1, -0.05) is 24.0 Å². The Hall–Kier alpha value is -0.0900. The lowest BCUT2D eigenvalue weighted by Gasteiger charge is -1.93. The van der Waals surface area contributed by atoms with Gasteiger partial charge in [-0.05, 0) is 6.92 Å². The number of nitrogens with two attached hydrogens (primary N) is 1. The summed E-state index contributed by atoms with van der Waals surface area (Å²) in [5, 5.41) is 0. The average molecular weight is 163 g/mol. The zero-order valence-electron chi connectivity index (χ0n) is 5.22. The molecule has 0 saturated carbocycles. The first-order valence-electron chi connectivity index (χ1n) is 2.54. The number of hydrogen-bond acceptors (Lipinski definition) is 3. The number of Topliss-reactive ketones (excluding diaryl/α,β-unsaturated/α-hetero) is 1. The summed E-state index contributed by atoms with van der Waals surface area (Å²) in [7, 11) is 0. The monoisotopic (exact) mass is 163 g/mol. The van der Waals surface area contributed by atoms with E-state index in [0.29, 0.717) is 16.5 Å². The highest BCUT2D eigenvalue weighted by atomic mass is 32.2. The highest BCUT2D eigenvalue weighted by Crippen LogP contribution is 2.01. The predicted octanol–water partition coefficient (Wildman–Crippen LogP) is 0.942. The van der Waals surface area contributed by atoms with E-state index < -0.39 is 0 Å². The predicted molar refractivity (Wildman–Crippen MR) is 44.5 cm³/mol. The molecule has 0 heterocycles. The fraction of sp³-hybridized carbons (Fsp3) is 0.600. The van der Waals surface area contributed by atoms with Crippen molar-refractivity contribution in [1.82, 2.24) is 0 Å². The highest BCUT2D eigenvalue weighted by Gasteiger charge is 1.93. The summed E-state index contributed by atoms with van der Waals surface area (Å²) in [6.07, 6.45) is 0.558. The zero-order valence-corrected chi connectivity index (χ0v) is 6.85. The molecule has 0 spiro atoms. The molecule has 52 valence electrons. The molecule has 0 bridgehead atoms. The number of hydrogen-bond donors (Lipinski definition) is 1. The molecule has 0 aliphatic rings. The molecule has 0 saturated heterocycles. The number of thioether (sulfide) groups is 1. The van der Waals surface area contributed by atoms with E-state index in [1.54, 1.807) is 6.92 Å². The quantitative estimate of drug-likeness (QED) is 0.629. The first-order chi connectivity index (χ1) is 4.13. The summed E-state index contributed by atoms with van der Waals surface area (Å²) in [5.74, 6) is 0.892. The maximum Gasteiger partial charge on any atom is 0.131 e. The van der Waals surface area contributed by atoms with Crippen molar-refractivity contribution in [1.29, 1.82) is 0 Å². The van der Waals surface area contributed by atoms with Crippen molar-refractivity contribution in [2.24, 2.45) is 5.73 Å². The second kappa shape index (κ2) is 4.76. The van der Waals surface area contributed by atoms with Crippen molar-refractivity contribution in [3.05, 3.63) is 0 Å². The smallest absolute Gasteiger partial charge is 0.131 e. The van der Waals surface area contributed by atoms with Gasteiger partial charge in [-0.3, -0.25) is 4.79 Å². The van der Waals surface area contributed by atoms with Gasteiger partial charge in [0.1, 0.15) is 10.1 Å². The Labute approximate surface area is 64.2 Å². The van der Waals surface area contributed by atoms with Gasteiger partial charge in [0, 0.05) is 12.2 Å². The van der Waals surface area contributed by atoms with E-state index in [-0.39, 0.29) is 5.78 Å². The van der Waals surface area contributed by atoms with E-state index in [0.717, 1.165) is 0 Å². The maximum absolute atomic E-state index is 10.3. The molecule has 4 heteroatoms. The Morgan fingerprint density at radius 2 is 2.33 bits per heavy atom. The third-order valence-corrected chi connectivity index (χ3v) is 1.74. The van der Waals surface area contributed by atoms with Crippen molar-refractivity contribution < 1.29 is 4.79 Å². The van der Waals surface area contributed by atoms with Gasteiger partial charge in [0.2, 0.25) is 0 Å². The Balaban J connectivity index is 3.10. The summed E-state index contributed by atoms with van der Waals surface area (Å²) in [4.78, 5) is 10.3. The van der Waals surface area contributed by atoms with Gasteiger partial charge in [-0.15, -0.1) is 0 Å². The number of ketones is 1. The first kappa shape index (κ1) is 8.91. The fourth-order valence-corrected chi connectivity index (χ4v) is 1.14. The van der Waals surface area contributed by atoms with E-state index in [1.807, 2.05) is 0 Å². The molecule has 0 rings (SSSR count). The third-order valence-electron chi connectivity index (χ3n) is 0.698. The number of carbonyl (C=O) groups excluding carboxylic acids is 1. The minimum absolute atomic E-state index is 0.179. The van der Waals surface area contributed by atoms with E-state index >= 15 is 0 Å². The van der Waals surface area contributed by atoms with Gasteiger partial charge in [-0.2, -0.15) is 0 Å². The molecule has 2 nitrogen and oxygen atoms in total. The summed E-state index contributed by atoms with van der Waals surface area (Å²) < 4.78 is 0.413. The van der Waals surface area contributed by atoms with Crippen molar-refractivity contribution in [3.8, 4) is 0 Å². The number of thiocarbonyl (C=S) groups is 1. The molecule has 0 aliphatic carbocycles. The van der Waals surface area contributed by atoms with Crippen molar-refractivity contribution in [2.45, 2.75) is 13.3 Å². The van der Waals surface area contributed by atoms with Crippen LogP contribution in [0.5, 0.6) is 0 Å². The lowest BCUT2D eigenvalue weighted by molar-refractivity contribution is -0.116. The van der Waals surface area contributed by atoms with Crippen LogP contribution >= 0.6 is 24.0 Å². The van der Waals surface area contributed by atoms with Gasteiger partial charge >= 0.3 is 0 Å². The third kappa shape index (κ3) is 7.91. The minimum Gasteiger partial charge on any atom is -0.385 e. The lowest BCUT2D eigenvalue weighted by atomic mass is 10.4. The molecule has 0 unspecified atom stereocenters. The topological polar surface area (TPSA) is 43.1 Å². The van der Waals surface area contributed by atoms with Crippen molar-refractivity contribution >= 4 is 34.1 Å². The summed E-state index contributed by atoms with van der Waals surface area (Å²) in [6.45, 7) is 1.56. The second-order valence-corrected chi connectivity index (χ2v) is 3.45. The Morgan fingerprint density at radius 3 is 2.67 bits per heavy atom. The van der Waals surface area contributed by atoms with Crippen LogP contribution < -0.4 is 5.73 Å². The second-order valence-electron chi connectivity index (χ2n) is 1.62. The normalized spacial score (nSPS) is 9.00. The SMILES string of the molecule is CC(=O)CCSC(N)=S. The van der Waals surface area contributed by atoms with Gasteiger partial charge in [0.15, 0.2) is 0 Å². The van der Waals surface area contributed by atoms with Crippen LogP contribution in [0.3, 0.4) is 0 Å². The lowest BCUT2D eigenvalue weighted by Crippen LogP contribution is -2.04. The maximum atomic E-state index is 10.3. The van der Waals surface area contributed by atoms with Crippen LogP contribution in [-0.2, 0) is 4.79 Å². The van der Waals surface area contributed by atoms with Crippen LogP contribution in [0.1, 0.15) is 13.3 Å². The molecule has 0 atom stereocenters. The van der Waals surface area contributed by atoms with E-state index in [1.165, 1.54) is 11.8 Å². The Kier molecular flexibility index (Phi) is 4.71. The van der Waals surface area contributed by atoms with Crippen molar-refractivity contribution in [2.75, 3.05) is 5.75 Å². The highest BCUT2D eigenvalue weighted by molar-refractivity contribution is 8.22. The first-order valence-corrected chi connectivity index (χ1v) is 3.94. The van der Waals surface area contributed by atoms with Crippen LogP contribution in [0.15, 0.2) is 0 Å². The standard InChI is InChI=1S/C5H9NOS2/c1-4(7)2-3-9-5(6)8/h2-3H2,1H3,(H2,6,8). The van der Waals surface area contributed by atoms with Gasteiger partial charge < -0.3 is 5.73 Å². The molecule has 2 N–H and O–H groups in total. The van der Waals surface area contributed by atoms with Crippen LogP contribution in [0.4, 0.5) is 0 Å². The van der Waals surface area contributed by atoms with E-state index in [4.69, 9.17) is 5.73 Å². The average Bonchev–Trinajstić information content (AvgIpc) is 1.63. The molecule has 0 aromatic heterocycles. The molecular formula is C5H9NOS2. The molecule has 0 aromatic carbocycles. The molecule has 0 aliphatic heterocycles. The van der Waals surface area contributed by atoms with Gasteiger partial charge in [-0.25, -0.2) is 0 Å². The molecule has 0 aromatic rings. The van der Waals surface area contributed by atoms with Crippen LogP contribution in [0, 0.1) is 0 Å². The van der Waals surface area contributed by atoms with Gasteiger partial charge in [0.05, 0.1) is 0 Å². The summed E-state index contributed by atoms with van der Waals surface area (Å²) >= 11 is 5.92. The van der Waals surface area contributed by atoms with E-state index in [2.05, 4.69) is 12.2 Å². The van der Waals surface area contributed by atoms with Crippen molar-refractivity contribution in [3.63, 3.8) is 0 Å². The molecular weight excluding hydrogens is 154 g/mol. The van der Waals surface area contributed by atoms with Crippen LogP contribution in [-0.4, -0.2) is 15.9 Å². The molecule has 0 amide bonds. The number of rotatable bonds is 3. The van der Waals surface area contributed by atoms with Gasteiger partial charge in [0.25, 0.3) is 0 Å². The zero-order chi connectivity index (χ0) is 7.28. The fourth-order valence-electron chi connectivity index (χ4n) is 0.295. The van der Waals surface area contributed by atoms with E-state index in [9.17, 15) is 4.79 Å². The molecule has 9 heavy (non-hydrogen) atoms. The van der Waals surface area contributed by atoms with Crippen LogP contribution in [0.25, 0.3) is 0 Å². The largest absolute Gasteiger partial charge is 0.385 e. The summed E-state index contributed by atoms with van der Waals surface area (Å²) in [5.41, 5.74) is 5.16. The Bertz CT molecular complexity index is 110. The number of carbonyl (C=O) groups is 1.